The average Bonchev–Trinajstić information content (AvgIpc) is 2.55. The van der Waals surface area contributed by atoms with E-state index in [9.17, 15) is 4.79 Å². The number of carbonyl (C=O) groups excluding carboxylic acids is 1. The van der Waals surface area contributed by atoms with Gasteiger partial charge in [0.25, 0.3) is 5.91 Å². The Labute approximate surface area is 167 Å². The van der Waals surface area contributed by atoms with Crippen molar-refractivity contribution in [3.8, 4) is 5.88 Å². The first-order valence-corrected chi connectivity index (χ1v) is 9.06. The van der Waals surface area contributed by atoms with E-state index in [1.54, 1.807) is 12.1 Å². The van der Waals surface area contributed by atoms with Crippen molar-refractivity contribution < 1.29 is 9.53 Å². The van der Waals surface area contributed by atoms with Crippen LogP contribution in [-0.2, 0) is 4.79 Å². The number of anilines is 1. The standard InChI is InChI=1S/C17H12Cl2IN3O2/c1-9-4-11(20)2-3-14(9)23-15(24)7-25-17-12-5-10(18)6-13(19)16(12)21-8-22-17/h2-6,8H,7H2,1H3,(H,23,24). The number of aryl methyl sites for hydroxylation is 1. The van der Waals surface area contributed by atoms with Crippen LogP contribution in [0.4, 0.5) is 5.69 Å². The number of aromatic nitrogens is 2. The van der Waals surface area contributed by atoms with E-state index in [1.807, 2.05) is 25.1 Å². The Morgan fingerprint density at radius 1 is 1.24 bits per heavy atom. The maximum Gasteiger partial charge on any atom is 0.262 e. The van der Waals surface area contributed by atoms with E-state index in [2.05, 4.69) is 37.9 Å². The topological polar surface area (TPSA) is 64.1 Å². The molecule has 0 aliphatic carbocycles. The second-order valence-corrected chi connectivity index (χ2v) is 7.35. The normalized spacial score (nSPS) is 10.7. The number of nitrogens with zero attached hydrogens (tertiary/aromatic N) is 2. The lowest BCUT2D eigenvalue weighted by Crippen LogP contribution is -2.21. The predicted molar refractivity (Wildman–Crippen MR) is 108 cm³/mol. The van der Waals surface area contributed by atoms with E-state index in [-0.39, 0.29) is 18.4 Å². The monoisotopic (exact) mass is 487 g/mol. The van der Waals surface area contributed by atoms with E-state index in [4.69, 9.17) is 27.9 Å². The zero-order valence-corrected chi connectivity index (χ0v) is 16.7. The van der Waals surface area contributed by atoms with E-state index in [1.165, 1.54) is 6.33 Å². The van der Waals surface area contributed by atoms with Gasteiger partial charge in [0.05, 0.1) is 15.9 Å². The van der Waals surface area contributed by atoms with Gasteiger partial charge in [0.15, 0.2) is 6.61 Å². The van der Waals surface area contributed by atoms with Crippen LogP contribution in [0.15, 0.2) is 36.7 Å². The Bertz CT molecular complexity index is 966. The van der Waals surface area contributed by atoms with Gasteiger partial charge in [-0.2, -0.15) is 0 Å². The van der Waals surface area contributed by atoms with Crippen molar-refractivity contribution in [3.63, 3.8) is 0 Å². The summed E-state index contributed by atoms with van der Waals surface area (Å²) >= 11 is 14.4. The average molecular weight is 488 g/mol. The second-order valence-electron chi connectivity index (χ2n) is 5.26. The molecular weight excluding hydrogens is 476 g/mol. The van der Waals surface area contributed by atoms with Crippen LogP contribution in [0.25, 0.3) is 10.9 Å². The van der Waals surface area contributed by atoms with Crippen LogP contribution >= 0.6 is 45.8 Å². The SMILES string of the molecule is Cc1cc(I)ccc1NC(=O)COc1ncnc2c(Cl)cc(Cl)cc12. The van der Waals surface area contributed by atoms with Crippen molar-refractivity contribution in [2.24, 2.45) is 0 Å². The number of hydrogen-bond donors (Lipinski definition) is 1. The number of nitrogens with one attached hydrogen (secondary N) is 1. The Balaban J connectivity index is 1.75. The molecule has 1 amide bonds. The number of amides is 1. The molecule has 128 valence electrons. The van der Waals surface area contributed by atoms with E-state index in [0.717, 1.165) is 14.8 Å². The number of benzene rings is 2. The third-order valence-electron chi connectivity index (χ3n) is 3.42. The molecule has 0 aliphatic rings. The summed E-state index contributed by atoms with van der Waals surface area (Å²) in [6.45, 7) is 1.74. The van der Waals surface area contributed by atoms with Crippen molar-refractivity contribution >= 4 is 68.3 Å². The van der Waals surface area contributed by atoms with Gasteiger partial charge in [-0.25, -0.2) is 9.97 Å². The summed E-state index contributed by atoms with van der Waals surface area (Å²) < 4.78 is 6.65. The van der Waals surface area contributed by atoms with Crippen LogP contribution in [0.5, 0.6) is 5.88 Å². The molecule has 0 spiro atoms. The molecule has 0 atom stereocenters. The highest BCUT2D eigenvalue weighted by molar-refractivity contribution is 14.1. The highest BCUT2D eigenvalue weighted by Gasteiger charge is 2.12. The number of rotatable bonds is 4. The first-order valence-electron chi connectivity index (χ1n) is 7.22. The quantitative estimate of drug-likeness (QED) is 0.533. The van der Waals surface area contributed by atoms with Gasteiger partial charge in [-0.1, -0.05) is 23.2 Å². The zero-order chi connectivity index (χ0) is 18.0. The maximum atomic E-state index is 12.2. The predicted octanol–water partition coefficient (Wildman–Crippen LogP) is 4.87. The van der Waals surface area contributed by atoms with E-state index in [0.29, 0.717) is 20.9 Å². The van der Waals surface area contributed by atoms with Crippen molar-refractivity contribution in [2.75, 3.05) is 11.9 Å². The number of hydrogen-bond acceptors (Lipinski definition) is 4. The minimum Gasteiger partial charge on any atom is -0.467 e. The van der Waals surface area contributed by atoms with E-state index < -0.39 is 0 Å². The molecule has 0 fully saturated rings. The van der Waals surface area contributed by atoms with Gasteiger partial charge in [-0.3, -0.25) is 4.79 Å². The molecule has 0 unspecified atom stereocenters. The summed E-state index contributed by atoms with van der Waals surface area (Å²) in [5.74, 6) is -0.0342. The lowest BCUT2D eigenvalue weighted by molar-refractivity contribution is -0.118. The van der Waals surface area contributed by atoms with Crippen LogP contribution in [0.1, 0.15) is 5.56 Å². The molecular formula is C17H12Cl2IN3O2. The molecule has 5 nitrogen and oxygen atoms in total. The molecule has 0 aliphatic heterocycles. The van der Waals surface area contributed by atoms with Gasteiger partial charge in [0, 0.05) is 14.3 Å². The summed E-state index contributed by atoms with van der Waals surface area (Å²) in [6, 6.07) is 9.01. The number of carbonyl (C=O) groups is 1. The summed E-state index contributed by atoms with van der Waals surface area (Å²) in [5.41, 5.74) is 2.24. The molecule has 1 aromatic heterocycles. The minimum absolute atomic E-state index is 0.193. The van der Waals surface area contributed by atoms with Crippen molar-refractivity contribution in [1.29, 1.82) is 0 Å². The molecule has 0 radical (unpaired) electrons. The molecule has 2 aromatic carbocycles. The van der Waals surface area contributed by atoms with E-state index >= 15 is 0 Å². The summed E-state index contributed by atoms with van der Waals surface area (Å²) in [5, 5.41) is 4.21. The van der Waals surface area contributed by atoms with Crippen LogP contribution < -0.4 is 10.1 Å². The highest BCUT2D eigenvalue weighted by atomic mass is 127. The zero-order valence-electron chi connectivity index (χ0n) is 13.0. The number of halogens is 3. The molecule has 0 saturated heterocycles. The second kappa shape index (κ2) is 7.72. The van der Waals surface area contributed by atoms with Gasteiger partial charge in [-0.15, -0.1) is 0 Å². The molecule has 25 heavy (non-hydrogen) atoms. The third-order valence-corrected chi connectivity index (χ3v) is 4.60. The number of ether oxygens (including phenoxy) is 1. The fraction of sp³-hybridized carbons (Fsp3) is 0.118. The van der Waals surface area contributed by atoms with Crippen LogP contribution in [0.2, 0.25) is 10.0 Å². The van der Waals surface area contributed by atoms with Crippen molar-refractivity contribution in [3.05, 3.63) is 55.8 Å². The third kappa shape index (κ3) is 4.31. The first kappa shape index (κ1) is 18.2. The molecule has 3 rings (SSSR count). The largest absolute Gasteiger partial charge is 0.467 e. The summed E-state index contributed by atoms with van der Waals surface area (Å²) in [4.78, 5) is 20.3. The maximum absolute atomic E-state index is 12.2. The van der Waals surface area contributed by atoms with Crippen LogP contribution in [0, 0.1) is 10.5 Å². The summed E-state index contributed by atoms with van der Waals surface area (Å²) in [7, 11) is 0. The van der Waals surface area contributed by atoms with Gasteiger partial charge < -0.3 is 10.1 Å². The number of fused-ring (bicyclic) bond motifs is 1. The molecule has 0 bridgehead atoms. The molecule has 1 heterocycles. The van der Waals surface area contributed by atoms with Gasteiger partial charge in [0.2, 0.25) is 5.88 Å². The van der Waals surface area contributed by atoms with Gasteiger partial charge in [-0.05, 0) is 65.4 Å². The Morgan fingerprint density at radius 3 is 2.80 bits per heavy atom. The Hall–Kier alpha value is -1.64. The first-order chi connectivity index (χ1) is 11.9. The lowest BCUT2D eigenvalue weighted by Gasteiger charge is -2.11. The lowest BCUT2D eigenvalue weighted by atomic mass is 10.2. The molecule has 8 heteroatoms. The van der Waals surface area contributed by atoms with Crippen molar-refractivity contribution in [2.45, 2.75) is 6.92 Å². The molecule has 3 aromatic rings. The Morgan fingerprint density at radius 2 is 2.04 bits per heavy atom. The Kier molecular flexibility index (Phi) is 5.61. The molecule has 1 N–H and O–H groups in total. The van der Waals surface area contributed by atoms with Crippen LogP contribution in [0.3, 0.4) is 0 Å². The fourth-order valence-electron chi connectivity index (χ4n) is 2.27. The van der Waals surface area contributed by atoms with Gasteiger partial charge in [0.1, 0.15) is 6.33 Å². The fourth-order valence-corrected chi connectivity index (χ4v) is 3.46. The van der Waals surface area contributed by atoms with Crippen molar-refractivity contribution in [1.82, 2.24) is 9.97 Å². The minimum atomic E-state index is -0.288. The van der Waals surface area contributed by atoms with Gasteiger partial charge >= 0.3 is 0 Å². The summed E-state index contributed by atoms with van der Waals surface area (Å²) in [6.07, 6.45) is 1.33. The smallest absolute Gasteiger partial charge is 0.262 e. The molecule has 0 saturated carbocycles. The highest BCUT2D eigenvalue weighted by Crippen LogP contribution is 2.30. The van der Waals surface area contributed by atoms with Crippen LogP contribution in [-0.4, -0.2) is 22.5 Å².